The van der Waals surface area contributed by atoms with Crippen LogP contribution in [0.4, 0.5) is 0 Å². The van der Waals surface area contributed by atoms with Gasteiger partial charge in [0.05, 0.1) is 6.54 Å². The van der Waals surface area contributed by atoms with Crippen LogP contribution in [-0.2, 0) is 5.41 Å². The van der Waals surface area contributed by atoms with Crippen LogP contribution in [0.3, 0.4) is 0 Å². The summed E-state index contributed by atoms with van der Waals surface area (Å²) in [6.07, 6.45) is 5.14. The maximum Gasteiger partial charge on any atom is 0.191 e. The molecule has 1 aliphatic heterocycles. The standard InChI is InChI=1S/C21H34N4/c1-3-22-20(23-15-18-11-14-25(4-2)16-18)24-17-21(12-8-13-21)19-9-6-5-7-10-19/h5-7,9-10,18H,3-4,8,11-17H2,1-2H3,(H2,22,23,24). The largest absolute Gasteiger partial charge is 0.357 e. The highest BCUT2D eigenvalue weighted by atomic mass is 15.2. The number of aliphatic imine (C=N–C) groups is 1. The molecular weight excluding hydrogens is 308 g/mol. The first-order valence-corrected chi connectivity index (χ1v) is 10.1. The highest BCUT2D eigenvalue weighted by Crippen LogP contribution is 2.43. The topological polar surface area (TPSA) is 39.7 Å². The molecule has 1 saturated carbocycles. The van der Waals surface area contributed by atoms with Gasteiger partial charge in [0, 0.05) is 25.0 Å². The molecule has 4 nitrogen and oxygen atoms in total. The van der Waals surface area contributed by atoms with Crippen LogP contribution < -0.4 is 10.6 Å². The Hall–Kier alpha value is -1.55. The number of nitrogens with zero attached hydrogens (tertiary/aromatic N) is 2. The first kappa shape index (κ1) is 18.2. The molecule has 1 unspecified atom stereocenters. The fourth-order valence-corrected chi connectivity index (χ4v) is 4.11. The summed E-state index contributed by atoms with van der Waals surface area (Å²) in [5, 5.41) is 7.02. The molecule has 3 rings (SSSR count). The van der Waals surface area contributed by atoms with E-state index in [-0.39, 0.29) is 5.41 Å². The van der Waals surface area contributed by atoms with E-state index >= 15 is 0 Å². The minimum absolute atomic E-state index is 0.260. The Kier molecular flexibility index (Phi) is 6.35. The average molecular weight is 343 g/mol. The van der Waals surface area contributed by atoms with Crippen molar-refractivity contribution in [1.29, 1.82) is 0 Å². The second kappa shape index (κ2) is 8.70. The first-order chi connectivity index (χ1) is 12.3. The quantitative estimate of drug-likeness (QED) is 0.591. The van der Waals surface area contributed by atoms with Gasteiger partial charge >= 0.3 is 0 Å². The minimum Gasteiger partial charge on any atom is -0.357 e. The van der Waals surface area contributed by atoms with Crippen molar-refractivity contribution in [3.8, 4) is 0 Å². The summed E-state index contributed by atoms with van der Waals surface area (Å²) < 4.78 is 0. The fraction of sp³-hybridized carbons (Fsp3) is 0.667. The van der Waals surface area contributed by atoms with Gasteiger partial charge in [0.2, 0.25) is 0 Å². The third-order valence-corrected chi connectivity index (χ3v) is 5.96. The molecule has 1 aromatic rings. The molecule has 4 heteroatoms. The molecule has 138 valence electrons. The van der Waals surface area contributed by atoms with Crippen molar-refractivity contribution in [2.24, 2.45) is 10.9 Å². The van der Waals surface area contributed by atoms with E-state index in [2.05, 4.69) is 59.7 Å². The maximum absolute atomic E-state index is 4.96. The monoisotopic (exact) mass is 342 g/mol. The van der Waals surface area contributed by atoms with Crippen molar-refractivity contribution < 1.29 is 0 Å². The van der Waals surface area contributed by atoms with Crippen molar-refractivity contribution >= 4 is 5.96 Å². The zero-order chi connectivity index (χ0) is 17.5. The molecule has 2 N–H and O–H groups in total. The zero-order valence-electron chi connectivity index (χ0n) is 15.9. The lowest BCUT2D eigenvalue weighted by atomic mass is 9.64. The van der Waals surface area contributed by atoms with Gasteiger partial charge in [-0.15, -0.1) is 0 Å². The van der Waals surface area contributed by atoms with Gasteiger partial charge in [-0.05, 0) is 50.8 Å². The molecule has 1 aliphatic carbocycles. The molecule has 0 radical (unpaired) electrons. The fourth-order valence-electron chi connectivity index (χ4n) is 4.11. The predicted molar refractivity (Wildman–Crippen MR) is 106 cm³/mol. The molecule has 0 aromatic heterocycles. The van der Waals surface area contributed by atoms with Crippen molar-refractivity contribution in [3.05, 3.63) is 35.9 Å². The average Bonchev–Trinajstić information content (AvgIpc) is 3.07. The lowest BCUT2D eigenvalue weighted by Gasteiger charge is -2.41. The summed E-state index contributed by atoms with van der Waals surface area (Å²) in [4.78, 5) is 7.50. The molecule has 0 amide bonds. The predicted octanol–water partition coefficient (Wildman–Crippen LogP) is 3.01. The number of likely N-dealkylation sites (tertiary alicyclic amines) is 1. The van der Waals surface area contributed by atoms with Gasteiger partial charge in [-0.1, -0.05) is 43.7 Å². The van der Waals surface area contributed by atoms with Crippen LogP contribution in [-0.4, -0.2) is 50.1 Å². The summed E-state index contributed by atoms with van der Waals surface area (Å²) in [7, 11) is 0. The molecule has 2 aliphatic rings. The maximum atomic E-state index is 4.96. The van der Waals surface area contributed by atoms with Crippen LogP contribution in [0.15, 0.2) is 35.3 Å². The third-order valence-electron chi connectivity index (χ3n) is 5.96. The van der Waals surface area contributed by atoms with E-state index in [1.807, 2.05) is 0 Å². The van der Waals surface area contributed by atoms with Gasteiger partial charge in [0.25, 0.3) is 0 Å². The number of guanidine groups is 1. The van der Waals surface area contributed by atoms with Crippen molar-refractivity contribution in [2.45, 2.75) is 44.9 Å². The first-order valence-electron chi connectivity index (χ1n) is 10.1. The number of nitrogens with one attached hydrogen (secondary N) is 2. The summed E-state index contributed by atoms with van der Waals surface area (Å²) in [5.41, 5.74) is 1.71. The highest BCUT2D eigenvalue weighted by Gasteiger charge is 2.38. The summed E-state index contributed by atoms with van der Waals surface area (Å²) in [6.45, 7) is 10.9. The third kappa shape index (κ3) is 4.55. The Balaban J connectivity index is 1.58. The molecule has 25 heavy (non-hydrogen) atoms. The lowest BCUT2D eigenvalue weighted by molar-refractivity contribution is 0.253. The van der Waals surface area contributed by atoms with Crippen molar-refractivity contribution in [2.75, 3.05) is 39.3 Å². The van der Waals surface area contributed by atoms with Gasteiger partial charge in [-0.2, -0.15) is 0 Å². The molecule has 1 atom stereocenters. The Morgan fingerprint density at radius 3 is 2.60 bits per heavy atom. The summed E-state index contributed by atoms with van der Waals surface area (Å²) in [6, 6.07) is 11.0. The van der Waals surface area contributed by atoms with Crippen LogP contribution in [0, 0.1) is 5.92 Å². The number of hydrogen-bond acceptors (Lipinski definition) is 2. The van der Waals surface area contributed by atoms with E-state index in [1.54, 1.807) is 0 Å². The van der Waals surface area contributed by atoms with Gasteiger partial charge in [-0.3, -0.25) is 4.99 Å². The van der Waals surface area contributed by atoms with Crippen molar-refractivity contribution in [3.63, 3.8) is 0 Å². The Morgan fingerprint density at radius 2 is 2.00 bits per heavy atom. The molecule has 1 heterocycles. The van der Waals surface area contributed by atoms with Crippen LogP contribution in [0.2, 0.25) is 0 Å². The number of hydrogen-bond donors (Lipinski definition) is 2. The molecular formula is C21H34N4. The van der Waals surface area contributed by atoms with E-state index in [0.29, 0.717) is 0 Å². The van der Waals surface area contributed by atoms with E-state index in [1.165, 1.54) is 50.9 Å². The SMILES string of the molecule is CCNC(=NCC1(c2ccccc2)CCC1)NCC1CCN(CC)C1. The number of benzene rings is 1. The Bertz CT molecular complexity index is 550. The second-order valence-electron chi connectivity index (χ2n) is 7.62. The Morgan fingerprint density at radius 1 is 1.20 bits per heavy atom. The van der Waals surface area contributed by atoms with E-state index in [4.69, 9.17) is 4.99 Å². The van der Waals surface area contributed by atoms with Gasteiger partial charge in [0.1, 0.15) is 0 Å². The zero-order valence-corrected chi connectivity index (χ0v) is 15.9. The molecule has 0 bridgehead atoms. The van der Waals surface area contributed by atoms with Crippen molar-refractivity contribution in [1.82, 2.24) is 15.5 Å². The molecule has 1 aromatic carbocycles. The summed E-state index contributed by atoms with van der Waals surface area (Å²) >= 11 is 0. The smallest absolute Gasteiger partial charge is 0.191 e. The Labute approximate surface area is 153 Å². The van der Waals surface area contributed by atoms with E-state index < -0.39 is 0 Å². The highest BCUT2D eigenvalue weighted by molar-refractivity contribution is 5.79. The second-order valence-corrected chi connectivity index (χ2v) is 7.62. The molecule has 2 fully saturated rings. The van der Waals surface area contributed by atoms with Crippen LogP contribution in [0.25, 0.3) is 0 Å². The summed E-state index contributed by atoms with van der Waals surface area (Å²) in [5.74, 6) is 1.73. The van der Waals surface area contributed by atoms with Gasteiger partial charge < -0.3 is 15.5 Å². The van der Waals surface area contributed by atoms with Gasteiger partial charge in [-0.25, -0.2) is 0 Å². The van der Waals surface area contributed by atoms with Crippen LogP contribution in [0.1, 0.15) is 45.1 Å². The van der Waals surface area contributed by atoms with Crippen LogP contribution in [0.5, 0.6) is 0 Å². The van der Waals surface area contributed by atoms with Gasteiger partial charge in [0.15, 0.2) is 5.96 Å². The number of rotatable bonds is 7. The van der Waals surface area contributed by atoms with Crippen LogP contribution >= 0.6 is 0 Å². The normalized spacial score (nSPS) is 23.3. The van der Waals surface area contributed by atoms with E-state index in [9.17, 15) is 0 Å². The van der Waals surface area contributed by atoms with E-state index in [0.717, 1.165) is 31.5 Å². The molecule has 0 spiro atoms. The minimum atomic E-state index is 0.260. The lowest BCUT2D eigenvalue weighted by Crippen LogP contribution is -2.43. The molecule has 1 saturated heterocycles.